The molecule has 0 aromatic heterocycles. The number of hydrogen-bond donors (Lipinski definition) is 0. The van der Waals surface area contributed by atoms with Gasteiger partial charge in [-0.25, -0.2) is 0 Å². The monoisotopic (exact) mass is 384 g/mol. The average Bonchev–Trinajstić information content (AvgIpc) is 2.75. The fraction of sp³-hybridized carbons (Fsp3) is 0.192. The van der Waals surface area contributed by atoms with Gasteiger partial charge in [0.1, 0.15) is 11.5 Å². The Morgan fingerprint density at radius 2 is 1.79 bits per heavy atom. The molecule has 0 radical (unpaired) electrons. The van der Waals surface area contributed by atoms with Crippen molar-refractivity contribution in [3.05, 3.63) is 102 Å². The van der Waals surface area contributed by atoms with E-state index in [-0.39, 0.29) is 5.97 Å². The quantitative estimate of drug-likeness (QED) is 0.416. The van der Waals surface area contributed by atoms with Gasteiger partial charge in [0, 0.05) is 0 Å². The maximum absolute atomic E-state index is 13.2. The minimum absolute atomic E-state index is 0.170. The molecule has 0 amide bonds. The molecule has 4 rings (SSSR count). The summed E-state index contributed by atoms with van der Waals surface area (Å²) in [7, 11) is 1.66. The van der Waals surface area contributed by atoms with Crippen molar-refractivity contribution in [2.45, 2.75) is 19.3 Å². The zero-order valence-corrected chi connectivity index (χ0v) is 16.5. The molecule has 1 aliphatic rings. The molecule has 0 saturated carbocycles. The van der Waals surface area contributed by atoms with Crippen LogP contribution in [0.5, 0.6) is 11.5 Å². The lowest BCUT2D eigenvalue weighted by Crippen LogP contribution is -2.42. The molecule has 1 atom stereocenters. The van der Waals surface area contributed by atoms with Crippen LogP contribution < -0.4 is 9.47 Å². The number of ether oxygens (including phenoxy) is 2. The van der Waals surface area contributed by atoms with Crippen LogP contribution in [0.25, 0.3) is 6.08 Å². The second kappa shape index (κ2) is 8.36. The Hall–Kier alpha value is -3.33. The van der Waals surface area contributed by atoms with Crippen molar-refractivity contribution in [2.75, 3.05) is 7.11 Å². The van der Waals surface area contributed by atoms with Crippen molar-refractivity contribution in [2.24, 2.45) is 5.41 Å². The largest absolute Gasteiger partial charge is 0.497 e. The van der Waals surface area contributed by atoms with E-state index in [9.17, 15) is 4.79 Å². The first kappa shape index (κ1) is 19.0. The Morgan fingerprint density at radius 1 is 1.00 bits per heavy atom. The van der Waals surface area contributed by atoms with Crippen LogP contribution in [0.1, 0.15) is 23.1 Å². The Kier molecular flexibility index (Phi) is 5.48. The van der Waals surface area contributed by atoms with E-state index in [1.165, 1.54) is 0 Å². The molecule has 0 unspecified atom stereocenters. The van der Waals surface area contributed by atoms with Crippen LogP contribution in [-0.4, -0.2) is 13.1 Å². The molecular weight excluding hydrogens is 360 g/mol. The molecule has 1 heterocycles. The first-order valence-electron chi connectivity index (χ1n) is 9.83. The van der Waals surface area contributed by atoms with Crippen molar-refractivity contribution >= 4 is 12.0 Å². The molecular formula is C26H24O3. The Balaban J connectivity index is 1.66. The van der Waals surface area contributed by atoms with E-state index in [1.54, 1.807) is 7.11 Å². The second-order valence-corrected chi connectivity index (χ2v) is 7.50. The van der Waals surface area contributed by atoms with Crippen molar-refractivity contribution in [3.63, 3.8) is 0 Å². The zero-order chi connectivity index (χ0) is 20.1. The number of carbonyl (C=O) groups excluding carboxylic acids is 1. The number of rotatable bonds is 6. The summed E-state index contributed by atoms with van der Waals surface area (Å²) < 4.78 is 11.1. The predicted molar refractivity (Wildman–Crippen MR) is 115 cm³/mol. The molecule has 0 saturated heterocycles. The van der Waals surface area contributed by atoms with Crippen LogP contribution in [0.2, 0.25) is 0 Å². The zero-order valence-electron chi connectivity index (χ0n) is 16.5. The van der Waals surface area contributed by atoms with Gasteiger partial charge in [-0.05, 0) is 54.2 Å². The van der Waals surface area contributed by atoms with E-state index in [4.69, 9.17) is 9.47 Å². The third-order valence-electron chi connectivity index (χ3n) is 5.43. The van der Waals surface area contributed by atoms with Crippen molar-refractivity contribution in [1.29, 1.82) is 0 Å². The predicted octanol–water partition coefficient (Wildman–Crippen LogP) is 5.49. The number of fused-ring (bicyclic) bond motifs is 1. The van der Waals surface area contributed by atoms with Gasteiger partial charge in [-0.2, -0.15) is 0 Å². The molecule has 3 nitrogen and oxygen atoms in total. The van der Waals surface area contributed by atoms with Crippen LogP contribution in [0.3, 0.4) is 0 Å². The van der Waals surface area contributed by atoms with E-state index >= 15 is 0 Å². The van der Waals surface area contributed by atoms with E-state index in [1.807, 2.05) is 66.7 Å². The van der Waals surface area contributed by atoms with Gasteiger partial charge < -0.3 is 9.47 Å². The van der Waals surface area contributed by atoms with Gasteiger partial charge in [-0.1, -0.05) is 72.8 Å². The molecule has 3 aromatic rings. The summed E-state index contributed by atoms with van der Waals surface area (Å²) in [5.74, 6) is 1.30. The van der Waals surface area contributed by atoms with Crippen LogP contribution in [0, 0.1) is 5.41 Å². The number of allylic oxidation sites excluding steroid dienone is 1. The summed E-state index contributed by atoms with van der Waals surface area (Å²) in [6, 6.07) is 25.8. The molecule has 3 heteroatoms. The molecule has 146 valence electrons. The highest BCUT2D eigenvalue weighted by atomic mass is 16.5. The molecule has 0 fully saturated rings. The lowest BCUT2D eigenvalue weighted by molar-refractivity contribution is -0.147. The fourth-order valence-corrected chi connectivity index (χ4v) is 3.91. The van der Waals surface area contributed by atoms with Crippen LogP contribution in [0.4, 0.5) is 0 Å². The van der Waals surface area contributed by atoms with Gasteiger partial charge in [0.25, 0.3) is 0 Å². The highest BCUT2D eigenvalue weighted by Crippen LogP contribution is 2.41. The minimum Gasteiger partial charge on any atom is -0.497 e. The van der Waals surface area contributed by atoms with Gasteiger partial charge in [-0.3, -0.25) is 4.79 Å². The Morgan fingerprint density at radius 3 is 2.62 bits per heavy atom. The van der Waals surface area contributed by atoms with Crippen molar-refractivity contribution in [1.82, 2.24) is 0 Å². The van der Waals surface area contributed by atoms with Crippen LogP contribution in [-0.2, 0) is 17.6 Å². The minimum atomic E-state index is -0.647. The molecule has 1 aliphatic heterocycles. The van der Waals surface area contributed by atoms with Gasteiger partial charge in [0.2, 0.25) is 0 Å². The number of benzene rings is 3. The molecule has 0 aliphatic carbocycles. The van der Waals surface area contributed by atoms with Gasteiger partial charge >= 0.3 is 5.97 Å². The number of carbonyl (C=O) groups is 1. The van der Waals surface area contributed by atoms with E-state index in [0.29, 0.717) is 25.0 Å². The summed E-state index contributed by atoms with van der Waals surface area (Å²) in [5, 5.41) is 0. The van der Waals surface area contributed by atoms with Crippen LogP contribution in [0.15, 0.2) is 84.9 Å². The van der Waals surface area contributed by atoms with Crippen molar-refractivity contribution < 1.29 is 14.3 Å². The number of methoxy groups -OCH3 is 1. The second-order valence-electron chi connectivity index (χ2n) is 7.50. The number of esters is 1. The summed E-state index contributed by atoms with van der Waals surface area (Å²) in [5.41, 5.74) is 2.61. The third kappa shape index (κ3) is 4.24. The summed E-state index contributed by atoms with van der Waals surface area (Å²) in [6.45, 7) is 0. The first-order valence-corrected chi connectivity index (χ1v) is 9.83. The highest BCUT2D eigenvalue weighted by molar-refractivity contribution is 5.83. The molecule has 3 aromatic carbocycles. The normalized spacial score (nSPS) is 18.3. The molecule has 29 heavy (non-hydrogen) atoms. The third-order valence-corrected chi connectivity index (χ3v) is 5.43. The Labute approximate surface area is 171 Å². The van der Waals surface area contributed by atoms with Crippen LogP contribution >= 0.6 is 0 Å². The summed E-state index contributed by atoms with van der Waals surface area (Å²) in [4.78, 5) is 13.2. The maximum atomic E-state index is 13.2. The molecule has 0 spiro atoms. The fourth-order valence-electron chi connectivity index (χ4n) is 3.91. The molecule has 0 N–H and O–H groups in total. The smallest absolute Gasteiger partial charge is 0.318 e. The van der Waals surface area contributed by atoms with E-state index in [2.05, 4.69) is 24.3 Å². The first-order chi connectivity index (χ1) is 14.2. The maximum Gasteiger partial charge on any atom is 0.318 e. The van der Waals surface area contributed by atoms with Gasteiger partial charge in [-0.15, -0.1) is 0 Å². The van der Waals surface area contributed by atoms with Gasteiger partial charge in [0.05, 0.1) is 12.5 Å². The topological polar surface area (TPSA) is 35.5 Å². The van der Waals surface area contributed by atoms with Crippen molar-refractivity contribution in [3.8, 4) is 11.5 Å². The lowest BCUT2D eigenvalue weighted by atomic mass is 9.72. The number of hydrogen-bond acceptors (Lipinski definition) is 3. The SMILES string of the molecule is COc1cccc(C[C@@]2(C/C=C/c3ccccc3)Cc3ccccc3OC2=O)c1. The van der Waals surface area contributed by atoms with E-state index in [0.717, 1.165) is 22.4 Å². The Bertz CT molecular complexity index is 1020. The highest BCUT2D eigenvalue weighted by Gasteiger charge is 2.43. The average molecular weight is 384 g/mol. The summed E-state index contributed by atoms with van der Waals surface area (Å²) >= 11 is 0. The van der Waals surface area contributed by atoms with E-state index < -0.39 is 5.41 Å². The number of para-hydroxylation sites is 1. The summed E-state index contributed by atoms with van der Waals surface area (Å²) in [6.07, 6.45) is 6.01. The standard InChI is InChI=1S/C26H24O3/c1-28-23-14-7-11-21(17-23)18-26(16-8-12-20-9-3-2-4-10-20)19-22-13-5-6-15-24(22)29-25(26)27/h2-15,17H,16,18-19H2,1H3/b12-8+/t26-/m0/s1. The lowest BCUT2D eigenvalue weighted by Gasteiger charge is -2.35. The van der Waals surface area contributed by atoms with Gasteiger partial charge in [0.15, 0.2) is 0 Å². The molecule has 0 bridgehead atoms.